The fourth-order valence-corrected chi connectivity index (χ4v) is 6.31. The van der Waals surface area contributed by atoms with Gasteiger partial charge in [0.15, 0.2) is 11.4 Å². The third-order valence-corrected chi connectivity index (χ3v) is 8.31. The van der Waals surface area contributed by atoms with E-state index in [4.69, 9.17) is 20.3 Å². The molecule has 1 saturated heterocycles. The number of aromatic nitrogens is 3. The largest absolute Gasteiger partial charge is 0.490 e. The molecule has 190 valence electrons. The van der Waals surface area contributed by atoms with Crippen molar-refractivity contribution in [1.82, 2.24) is 14.6 Å². The van der Waals surface area contributed by atoms with E-state index in [9.17, 15) is 33.7 Å². The van der Waals surface area contributed by atoms with Crippen molar-refractivity contribution in [2.24, 2.45) is 4.99 Å². The molecule has 3 heterocycles. The van der Waals surface area contributed by atoms with Crippen molar-refractivity contribution < 1.29 is 61.4 Å². The summed E-state index contributed by atoms with van der Waals surface area (Å²) in [5.74, 6) is 0.0991. The highest BCUT2D eigenvalue weighted by molar-refractivity contribution is 7.66. The molecule has 6 atom stereocenters. The number of hydrogen-bond donors (Lipinski definition) is 7. The lowest BCUT2D eigenvalue weighted by atomic mass is 9.92. The number of anilines is 1. The molecule has 34 heavy (non-hydrogen) atoms. The molecule has 2 aromatic heterocycles. The quantitative estimate of drug-likeness (QED) is 0.141. The van der Waals surface area contributed by atoms with Crippen molar-refractivity contribution in [2.45, 2.75) is 23.9 Å². The first-order chi connectivity index (χ1) is 15.6. The summed E-state index contributed by atoms with van der Waals surface area (Å²) >= 11 is 0. The zero-order valence-electron chi connectivity index (χ0n) is 17.0. The molecule has 1 fully saturated rings. The summed E-state index contributed by atoms with van der Waals surface area (Å²) in [6, 6.07) is 2.97. The fraction of sp³-hybridized carbons (Fsp3) is 0.462. The summed E-state index contributed by atoms with van der Waals surface area (Å²) in [5.41, 5.74) is 4.43. The Labute approximate surface area is 190 Å². The number of hydrogen-bond acceptors (Lipinski definition) is 13. The minimum Gasteiger partial charge on any atom is -0.387 e. The first-order valence-corrected chi connectivity index (χ1v) is 13.5. The fourth-order valence-electron chi connectivity index (χ4n) is 3.28. The van der Waals surface area contributed by atoms with E-state index < -0.39 is 54.0 Å². The first-order valence-electron chi connectivity index (χ1n) is 8.95. The van der Waals surface area contributed by atoms with Crippen LogP contribution in [0.1, 0.15) is 5.69 Å². The number of aliphatic hydroxyl groups excluding tert-OH is 2. The van der Waals surface area contributed by atoms with E-state index >= 15 is 0 Å². The van der Waals surface area contributed by atoms with Crippen LogP contribution in [0, 0.1) is 0 Å². The number of rotatable bonds is 9. The SMILES string of the molecule is C/N=C\[C@@]1(c2ccc3c(N)ncnn23)O[C@H](COP(=O)(O)OP(=O)(O)OP(=O)(O)O)[C@@H](O)[C@H]1O. The monoisotopic (exact) mass is 547 g/mol. The lowest BCUT2D eigenvalue weighted by molar-refractivity contribution is -0.0528. The second kappa shape index (κ2) is 9.44. The topological polar surface area (TPSA) is 278 Å². The molecule has 0 aliphatic carbocycles. The van der Waals surface area contributed by atoms with Gasteiger partial charge in [0.1, 0.15) is 30.2 Å². The van der Waals surface area contributed by atoms with Gasteiger partial charge in [-0.05, 0) is 12.1 Å². The van der Waals surface area contributed by atoms with Crippen molar-refractivity contribution in [3.63, 3.8) is 0 Å². The van der Waals surface area contributed by atoms with E-state index in [0.717, 1.165) is 12.5 Å². The van der Waals surface area contributed by atoms with Crippen LogP contribution in [0.15, 0.2) is 23.5 Å². The number of ether oxygens (including phenoxy) is 1. The molecule has 3 rings (SSSR count). The first kappa shape index (κ1) is 27.0. The molecule has 1 aliphatic heterocycles. The Bertz CT molecular complexity index is 1230. The number of phosphoric acid groups is 3. The molecular formula is C13H20N5O13P3. The van der Waals surface area contributed by atoms with E-state index in [1.54, 1.807) is 0 Å². The predicted molar refractivity (Wildman–Crippen MR) is 110 cm³/mol. The molecule has 0 aromatic carbocycles. The highest BCUT2D eigenvalue weighted by Crippen LogP contribution is 2.66. The minimum atomic E-state index is -5.74. The van der Waals surface area contributed by atoms with Crippen LogP contribution in [-0.2, 0) is 37.2 Å². The Balaban J connectivity index is 1.84. The van der Waals surface area contributed by atoms with Crippen molar-refractivity contribution in [3.05, 3.63) is 24.2 Å². The van der Waals surface area contributed by atoms with Gasteiger partial charge in [0.05, 0.1) is 12.3 Å². The summed E-state index contributed by atoms with van der Waals surface area (Å²) in [5, 5.41) is 25.3. The highest BCUT2D eigenvalue weighted by atomic mass is 31.3. The van der Waals surface area contributed by atoms with Crippen molar-refractivity contribution in [2.75, 3.05) is 19.4 Å². The maximum atomic E-state index is 12.0. The molecule has 0 amide bonds. The molecule has 21 heteroatoms. The zero-order chi connectivity index (χ0) is 25.5. The number of fused-ring (bicyclic) bond motifs is 1. The third-order valence-electron chi connectivity index (χ3n) is 4.51. The number of nitrogen functional groups attached to an aromatic ring is 1. The van der Waals surface area contributed by atoms with Crippen LogP contribution in [0.25, 0.3) is 5.52 Å². The maximum Gasteiger partial charge on any atom is 0.490 e. The van der Waals surface area contributed by atoms with Gasteiger partial charge in [0.2, 0.25) is 0 Å². The normalized spacial score (nSPS) is 29.4. The summed E-state index contributed by atoms with van der Waals surface area (Å²) in [7, 11) is -15.4. The molecule has 2 unspecified atom stereocenters. The van der Waals surface area contributed by atoms with Crippen LogP contribution in [0.5, 0.6) is 0 Å². The van der Waals surface area contributed by atoms with Crippen LogP contribution in [0.2, 0.25) is 0 Å². The van der Waals surface area contributed by atoms with Gasteiger partial charge in [-0.2, -0.15) is 13.7 Å². The van der Waals surface area contributed by atoms with Crippen LogP contribution in [0.4, 0.5) is 5.82 Å². The Kier molecular flexibility index (Phi) is 7.49. The van der Waals surface area contributed by atoms with E-state index in [1.807, 2.05) is 0 Å². The number of nitrogens with two attached hydrogens (primary N) is 1. The Morgan fingerprint density at radius 2 is 1.88 bits per heavy atom. The predicted octanol–water partition coefficient (Wildman–Crippen LogP) is -1.33. The zero-order valence-corrected chi connectivity index (χ0v) is 19.7. The highest BCUT2D eigenvalue weighted by Gasteiger charge is 2.56. The van der Waals surface area contributed by atoms with E-state index in [2.05, 4.69) is 28.2 Å². The van der Waals surface area contributed by atoms with Gasteiger partial charge in [0, 0.05) is 13.3 Å². The van der Waals surface area contributed by atoms with E-state index in [1.165, 1.54) is 23.7 Å². The van der Waals surface area contributed by atoms with Gasteiger partial charge in [-0.3, -0.25) is 9.52 Å². The minimum absolute atomic E-state index is 0.0991. The number of nitrogens with zero attached hydrogens (tertiary/aromatic N) is 4. The average Bonchev–Trinajstić information content (AvgIpc) is 3.21. The third kappa shape index (κ3) is 5.61. The van der Waals surface area contributed by atoms with Gasteiger partial charge in [0.25, 0.3) is 0 Å². The molecule has 0 spiro atoms. The molecule has 0 bridgehead atoms. The Morgan fingerprint density at radius 3 is 2.50 bits per heavy atom. The number of aliphatic imine (C=N–C) groups is 1. The van der Waals surface area contributed by atoms with Gasteiger partial charge >= 0.3 is 23.5 Å². The molecular weight excluding hydrogens is 527 g/mol. The Hall–Kier alpha value is -1.62. The molecule has 0 radical (unpaired) electrons. The Morgan fingerprint density at radius 1 is 1.21 bits per heavy atom. The van der Waals surface area contributed by atoms with Crippen LogP contribution < -0.4 is 5.73 Å². The smallest absolute Gasteiger partial charge is 0.387 e. The van der Waals surface area contributed by atoms with Crippen molar-refractivity contribution in [1.29, 1.82) is 0 Å². The van der Waals surface area contributed by atoms with Crippen LogP contribution in [-0.4, -0.2) is 82.6 Å². The second-order valence-corrected chi connectivity index (χ2v) is 11.2. The summed E-state index contributed by atoms with van der Waals surface area (Å²) in [4.78, 5) is 43.7. The number of aliphatic hydroxyl groups is 2. The summed E-state index contributed by atoms with van der Waals surface area (Å²) in [6.07, 6.45) is -2.74. The molecule has 1 aliphatic rings. The molecule has 8 N–H and O–H groups in total. The average molecular weight is 547 g/mol. The van der Waals surface area contributed by atoms with Gasteiger partial charge in [-0.25, -0.2) is 23.2 Å². The second-order valence-electron chi connectivity index (χ2n) is 6.82. The summed E-state index contributed by atoms with van der Waals surface area (Å²) < 4.78 is 52.9. The molecule has 0 saturated carbocycles. The van der Waals surface area contributed by atoms with Gasteiger partial charge < -0.3 is 40.3 Å². The van der Waals surface area contributed by atoms with E-state index in [-0.39, 0.29) is 11.5 Å². The number of phosphoric ester groups is 1. The van der Waals surface area contributed by atoms with Crippen LogP contribution in [0.3, 0.4) is 0 Å². The summed E-state index contributed by atoms with van der Waals surface area (Å²) in [6.45, 7) is -0.998. The standard InChI is InChI=1S/C13H20N5O13P3/c1-15-5-13(9-3-2-7-12(14)16-6-17-18(7)9)11(20)10(19)8(29-13)4-28-33(24,25)31-34(26,27)30-32(21,22)23/h2-3,5-6,8,10-11,19-20H,4H2,1H3,(H,24,25)(H,26,27)(H2,14,16,17)(H2,21,22,23)/b15-5-/t8-,10-,11-,13+/m1/s1. The van der Waals surface area contributed by atoms with E-state index in [0.29, 0.717) is 5.52 Å². The van der Waals surface area contributed by atoms with Gasteiger partial charge in [-0.15, -0.1) is 0 Å². The maximum absolute atomic E-state index is 12.0. The van der Waals surface area contributed by atoms with Crippen molar-refractivity contribution in [3.8, 4) is 0 Å². The van der Waals surface area contributed by atoms with Crippen molar-refractivity contribution >= 4 is 41.0 Å². The molecule has 18 nitrogen and oxygen atoms in total. The van der Waals surface area contributed by atoms with Crippen LogP contribution >= 0.6 is 23.5 Å². The van der Waals surface area contributed by atoms with Gasteiger partial charge in [-0.1, -0.05) is 0 Å². The lowest BCUT2D eigenvalue weighted by Crippen LogP contribution is -2.43. The lowest BCUT2D eigenvalue weighted by Gasteiger charge is -2.27. The molecule has 2 aromatic rings.